The topological polar surface area (TPSA) is 102 Å². The van der Waals surface area contributed by atoms with Gasteiger partial charge in [0.1, 0.15) is 11.7 Å². The van der Waals surface area contributed by atoms with Gasteiger partial charge in [-0.1, -0.05) is 6.08 Å². The minimum Gasteiger partial charge on any atom is -0.446 e. The van der Waals surface area contributed by atoms with E-state index in [-0.39, 0.29) is 36.0 Å². The zero-order valence-corrected chi connectivity index (χ0v) is 19.5. The molecule has 0 aromatic rings. The van der Waals surface area contributed by atoms with Gasteiger partial charge in [0.05, 0.1) is 11.5 Å². The van der Waals surface area contributed by atoms with Gasteiger partial charge in [0.15, 0.2) is 0 Å². The summed E-state index contributed by atoms with van der Waals surface area (Å²) in [6, 6.07) is -0.132. The zero-order valence-electron chi connectivity index (χ0n) is 19.5. The Morgan fingerprint density at radius 2 is 1.84 bits per heavy atom. The quantitative estimate of drug-likeness (QED) is 0.652. The van der Waals surface area contributed by atoms with Crippen LogP contribution in [0.25, 0.3) is 0 Å². The van der Waals surface area contributed by atoms with Gasteiger partial charge in [-0.25, -0.2) is 9.59 Å². The van der Waals surface area contributed by atoms with Gasteiger partial charge in [-0.3, -0.25) is 9.69 Å². The van der Waals surface area contributed by atoms with Crippen LogP contribution in [0.5, 0.6) is 0 Å². The predicted molar refractivity (Wildman–Crippen MR) is 119 cm³/mol. The lowest BCUT2D eigenvalue weighted by Gasteiger charge is -2.58. The number of rotatable bonds is 5. The first kappa shape index (κ1) is 22.9. The average molecular weight is 448 g/mol. The highest BCUT2D eigenvalue weighted by atomic mass is 16.6. The summed E-state index contributed by atoms with van der Waals surface area (Å²) in [6.45, 7) is 10.6. The lowest BCUT2D eigenvalue weighted by atomic mass is 9.48. The highest BCUT2D eigenvalue weighted by Crippen LogP contribution is 2.60. The van der Waals surface area contributed by atoms with Crippen molar-refractivity contribution in [3.63, 3.8) is 0 Å². The van der Waals surface area contributed by atoms with Crippen LogP contribution in [-0.4, -0.2) is 65.3 Å². The normalized spacial score (nSPS) is 35.5. The molecule has 1 saturated heterocycles. The van der Waals surface area contributed by atoms with Crippen LogP contribution in [-0.2, 0) is 14.3 Å². The number of nitrogens with two attached hydrogens (primary N) is 1. The largest absolute Gasteiger partial charge is 0.446 e. The summed E-state index contributed by atoms with van der Waals surface area (Å²) in [5.74, 6) is 0.770. The molecular formula is C24H37N3O5. The summed E-state index contributed by atoms with van der Waals surface area (Å²) in [6.07, 6.45) is 5.89. The van der Waals surface area contributed by atoms with Crippen LogP contribution in [0.15, 0.2) is 12.7 Å². The van der Waals surface area contributed by atoms with Crippen molar-refractivity contribution in [2.75, 3.05) is 19.6 Å². The van der Waals surface area contributed by atoms with Crippen molar-refractivity contribution in [3.8, 4) is 0 Å². The van der Waals surface area contributed by atoms with Gasteiger partial charge < -0.3 is 20.1 Å². The van der Waals surface area contributed by atoms with E-state index in [2.05, 4.69) is 6.58 Å². The Kier molecular flexibility index (Phi) is 5.92. The van der Waals surface area contributed by atoms with Gasteiger partial charge in [0.2, 0.25) is 5.91 Å². The van der Waals surface area contributed by atoms with E-state index >= 15 is 0 Å². The standard InChI is InChI=1S/C24H37N3O5/c1-5-7-27(22(30)32-23(2,3)4)18-6-8-26(14-18)21(29)31-19-16-9-15-10-17(19)13-24(11-15,12-16)20(25)28/h5,15-19H,1,6-14H2,2-4H3,(H2,25,28)/t15?,16-,17?,18+,19?,24-/m0/s1. The van der Waals surface area contributed by atoms with Crippen molar-refractivity contribution in [1.82, 2.24) is 9.80 Å². The average Bonchev–Trinajstić information content (AvgIpc) is 3.16. The number of amides is 3. The van der Waals surface area contributed by atoms with Crippen molar-refractivity contribution in [1.29, 1.82) is 0 Å². The minimum atomic E-state index is -0.588. The first-order chi connectivity index (χ1) is 15.0. The molecule has 0 aromatic carbocycles. The maximum absolute atomic E-state index is 13.0. The van der Waals surface area contributed by atoms with Crippen LogP contribution in [0, 0.1) is 23.2 Å². The Labute approximate surface area is 190 Å². The van der Waals surface area contributed by atoms with Gasteiger partial charge in [-0.15, -0.1) is 6.58 Å². The third-order valence-electron chi connectivity index (χ3n) is 7.76. The van der Waals surface area contributed by atoms with Gasteiger partial charge in [-0.2, -0.15) is 0 Å². The van der Waals surface area contributed by atoms with Crippen molar-refractivity contribution >= 4 is 18.1 Å². The monoisotopic (exact) mass is 447 g/mol. The van der Waals surface area contributed by atoms with Crippen molar-refractivity contribution in [2.24, 2.45) is 28.9 Å². The van der Waals surface area contributed by atoms with Gasteiger partial charge >= 0.3 is 12.2 Å². The van der Waals surface area contributed by atoms with E-state index in [4.69, 9.17) is 15.2 Å². The molecular weight excluding hydrogens is 410 g/mol. The Hall–Kier alpha value is -2.25. The van der Waals surface area contributed by atoms with E-state index in [0.717, 1.165) is 32.1 Å². The molecule has 1 heterocycles. The molecule has 8 heteroatoms. The highest BCUT2D eigenvalue weighted by Gasteiger charge is 2.59. The molecule has 5 fully saturated rings. The van der Waals surface area contributed by atoms with Crippen LogP contribution in [0.1, 0.15) is 59.3 Å². The summed E-state index contributed by atoms with van der Waals surface area (Å²) >= 11 is 0. The van der Waals surface area contributed by atoms with Crippen molar-refractivity contribution in [2.45, 2.75) is 77.0 Å². The summed E-state index contributed by atoms with van der Waals surface area (Å²) in [5.41, 5.74) is 4.78. The number of hydrogen-bond donors (Lipinski definition) is 1. The van der Waals surface area contributed by atoms with Gasteiger partial charge in [0.25, 0.3) is 0 Å². The van der Waals surface area contributed by atoms with Crippen LogP contribution in [0.3, 0.4) is 0 Å². The third-order valence-corrected chi connectivity index (χ3v) is 7.76. The van der Waals surface area contributed by atoms with Crippen molar-refractivity contribution < 1.29 is 23.9 Å². The molecule has 4 aliphatic carbocycles. The van der Waals surface area contributed by atoms with E-state index < -0.39 is 17.1 Å². The lowest BCUT2D eigenvalue weighted by molar-refractivity contribution is -0.161. The van der Waals surface area contributed by atoms with E-state index in [9.17, 15) is 14.4 Å². The maximum atomic E-state index is 13.0. The highest BCUT2D eigenvalue weighted by molar-refractivity contribution is 5.81. The second-order valence-corrected chi connectivity index (χ2v) is 11.3. The third kappa shape index (κ3) is 4.33. The summed E-state index contributed by atoms with van der Waals surface area (Å²) < 4.78 is 11.6. The van der Waals surface area contributed by atoms with E-state index in [1.807, 2.05) is 20.8 Å². The molecule has 32 heavy (non-hydrogen) atoms. The molecule has 4 bridgehead atoms. The minimum absolute atomic E-state index is 0.132. The van der Waals surface area contributed by atoms with Crippen LogP contribution < -0.4 is 5.73 Å². The summed E-state index contributed by atoms with van der Waals surface area (Å²) in [5, 5.41) is 0. The molecule has 1 aliphatic heterocycles. The molecule has 178 valence electrons. The van der Waals surface area contributed by atoms with E-state index in [0.29, 0.717) is 32.0 Å². The fraction of sp³-hybridized carbons (Fsp3) is 0.792. The Morgan fingerprint density at radius 1 is 1.19 bits per heavy atom. The number of carbonyl (C=O) groups excluding carboxylic acids is 3. The smallest absolute Gasteiger partial charge is 0.410 e. The molecule has 5 aliphatic rings. The number of likely N-dealkylation sites (tertiary alicyclic amines) is 1. The lowest BCUT2D eigenvalue weighted by Crippen LogP contribution is -2.59. The second kappa shape index (κ2) is 8.27. The predicted octanol–water partition coefficient (Wildman–Crippen LogP) is 3.30. The molecule has 5 rings (SSSR count). The van der Waals surface area contributed by atoms with Gasteiger partial charge in [0, 0.05) is 19.6 Å². The number of hydrogen-bond acceptors (Lipinski definition) is 5. The molecule has 8 nitrogen and oxygen atoms in total. The van der Waals surface area contributed by atoms with E-state index in [1.165, 1.54) is 0 Å². The SMILES string of the molecule is C=CCN(C(=O)OC(C)(C)C)[C@@H]1CCN(C(=O)OC2C3CC4C[C@H]2C[C@@](C(N)=O)(C4)C3)C1. The summed E-state index contributed by atoms with van der Waals surface area (Å²) in [7, 11) is 0. The van der Waals surface area contributed by atoms with Crippen molar-refractivity contribution in [3.05, 3.63) is 12.7 Å². The molecule has 2 N–H and O–H groups in total. The number of ether oxygens (including phenoxy) is 2. The van der Waals surface area contributed by atoms with Crippen LogP contribution in [0.2, 0.25) is 0 Å². The molecule has 0 radical (unpaired) electrons. The Bertz CT molecular complexity index is 775. The molecule has 3 unspecified atom stereocenters. The first-order valence-electron chi connectivity index (χ1n) is 11.9. The molecule has 6 atom stereocenters. The van der Waals surface area contributed by atoms with Gasteiger partial charge in [-0.05, 0) is 77.0 Å². The number of primary amides is 1. The fourth-order valence-electron chi connectivity index (χ4n) is 6.66. The molecule has 0 spiro atoms. The number of carbonyl (C=O) groups is 3. The van der Waals surface area contributed by atoms with Crippen LogP contribution in [0.4, 0.5) is 9.59 Å². The molecule has 3 amide bonds. The Balaban J connectivity index is 1.37. The molecule has 4 saturated carbocycles. The number of nitrogens with zero attached hydrogens (tertiary/aromatic N) is 2. The molecule has 0 aromatic heterocycles. The second-order valence-electron chi connectivity index (χ2n) is 11.3. The first-order valence-corrected chi connectivity index (χ1v) is 11.9. The Morgan fingerprint density at radius 3 is 2.41 bits per heavy atom. The maximum Gasteiger partial charge on any atom is 0.410 e. The van der Waals surface area contributed by atoms with Crippen LogP contribution >= 0.6 is 0 Å². The van der Waals surface area contributed by atoms with E-state index in [1.54, 1.807) is 15.9 Å². The summed E-state index contributed by atoms with van der Waals surface area (Å²) in [4.78, 5) is 41.2. The fourth-order valence-corrected chi connectivity index (χ4v) is 6.66. The zero-order chi connectivity index (χ0) is 23.3.